The van der Waals surface area contributed by atoms with Gasteiger partial charge in [0, 0.05) is 35.5 Å². The molecule has 6 aromatic rings. The number of fused-ring (bicyclic) bond motifs is 2. The molecule has 39 heavy (non-hydrogen) atoms. The van der Waals surface area contributed by atoms with E-state index >= 15 is 0 Å². The van der Waals surface area contributed by atoms with Gasteiger partial charge in [0.2, 0.25) is 0 Å². The zero-order valence-corrected chi connectivity index (χ0v) is 22.0. The highest BCUT2D eigenvalue weighted by atomic mass is 32.1. The van der Waals surface area contributed by atoms with Gasteiger partial charge in [0.25, 0.3) is 0 Å². The minimum absolute atomic E-state index is 0.145. The van der Waals surface area contributed by atoms with Crippen molar-refractivity contribution in [3.8, 4) is 16.9 Å². The molecule has 194 valence electrons. The number of benzene rings is 3. The Labute approximate surface area is 228 Å². The Bertz CT molecular complexity index is 1820. The Balaban J connectivity index is 1.15. The molecule has 1 aliphatic heterocycles. The zero-order chi connectivity index (χ0) is 26.3. The van der Waals surface area contributed by atoms with Crippen LogP contribution in [0, 0.1) is 5.82 Å². The summed E-state index contributed by atoms with van der Waals surface area (Å²) in [6, 6.07) is 19.4. The fourth-order valence-corrected chi connectivity index (χ4v) is 6.30. The van der Waals surface area contributed by atoms with E-state index in [1.807, 2.05) is 41.2 Å². The number of aromatic amines is 1. The maximum atomic E-state index is 14.2. The third-order valence-electron chi connectivity index (χ3n) is 7.45. The molecule has 3 aromatic carbocycles. The van der Waals surface area contributed by atoms with Crippen LogP contribution in [-0.2, 0) is 6.54 Å². The first kappa shape index (κ1) is 23.9. The minimum Gasteiger partial charge on any atom is -0.298 e. The van der Waals surface area contributed by atoms with Crippen molar-refractivity contribution in [2.75, 3.05) is 13.1 Å². The molecular weight excluding hydrogens is 509 g/mol. The van der Waals surface area contributed by atoms with Gasteiger partial charge in [0.05, 0.1) is 33.3 Å². The fraction of sp³-hybridized carbons (Fsp3) is 0.200. The number of rotatable bonds is 6. The average molecular weight is 536 g/mol. The van der Waals surface area contributed by atoms with Gasteiger partial charge in [-0.15, -0.1) is 16.4 Å². The molecule has 4 heterocycles. The van der Waals surface area contributed by atoms with Crippen molar-refractivity contribution in [2.45, 2.75) is 25.3 Å². The van der Waals surface area contributed by atoms with Crippen molar-refractivity contribution in [1.29, 1.82) is 0 Å². The number of nitrogens with one attached hydrogen (secondary N) is 1. The Kier molecular flexibility index (Phi) is 6.02. The summed E-state index contributed by atoms with van der Waals surface area (Å²) in [6.07, 6.45) is 5.90. The summed E-state index contributed by atoms with van der Waals surface area (Å²) in [7, 11) is 0. The molecule has 3 aromatic heterocycles. The molecule has 1 N–H and O–H groups in total. The number of aromatic nitrogens is 6. The standard InChI is InChI=1S/C30H26FN7S/c1-2-29-32-26-11-9-19(14-28(26)39-29)30-23-15-22(10-12-25(23)33-35-30)38-18-27(34-36-38)21-7-5-13-37(17-21)16-20-6-3-4-8-24(20)31/h2-4,6,8-12,14-15,18,21H,1,5,7,13,16-17H2,(H,33,35)/t21-/m1/s1. The van der Waals surface area contributed by atoms with E-state index in [1.54, 1.807) is 23.5 Å². The Morgan fingerprint density at radius 3 is 2.95 bits per heavy atom. The highest BCUT2D eigenvalue weighted by Gasteiger charge is 2.24. The summed E-state index contributed by atoms with van der Waals surface area (Å²) < 4.78 is 17.1. The van der Waals surface area contributed by atoms with Crippen molar-refractivity contribution in [1.82, 2.24) is 35.1 Å². The minimum atomic E-state index is -0.145. The molecule has 7 nitrogen and oxygen atoms in total. The van der Waals surface area contributed by atoms with Gasteiger partial charge in [-0.3, -0.25) is 10.00 Å². The van der Waals surface area contributed by atoms with Crippen LogP contribution in [-0.4, -0.2) is 48.2 Å². The van der Waals surface area contributed by atoms with Gasteiger partial charge < -0.3 is 0 Å². The highest BCUT2D eigenvalue weighted by Crippen LogP contribution is 2.33. The molecule has 0 unspecified atom stereocenters. The Morgan fingerprint density at radius 2 is 2.05 bits per heavy atom. The summed E-state index contributed by atoms with van der Waals surface area (Å²) in [5.74, 6) is 0.118. The van der Waals surface area contributed by atoms with Crippen molar-refractivity contribution in [3.05, 3.63) is 95.5 Å². The Morgan fingerprint density at radius 1 is 1.13 bits per heavy atom. The first-order valence-electron chi connectivity index (χ1n) is 13.0. The molecule has 9 heteroatoms. The first-order valence-corrected chi connectivity index (χ1v) is 13.9. The molecular formula is C30H26FN7S. The van der Waals surface area contributed by atoms with Crippen LogP contribution in [0.15, 0.2) is 73.4 Å². The lowest BCUT2D eigenvalue weighted by Crippen LogP contribution is -2.34. The van der Waals surface area contributed by atoms with E-state index in [1.165, 1.54) is 6.07 Å². The van der Waals surface area contributed by atoms with Gasteiger partial charge in [-0.25, -0.2) is 14.1 Å². The fourth-order valence-electron chi connectivity index (χ4n) is 5.44. The second kappa shape index (κ2) is 9.83. The molecule has 0 aliphatic carbocycles. The molecule has 0 saturated carbocycles. The average Bonchev–Trinajstić information content (AvgIpc) is 3.72. The summed E-state index contributed by atoms with van der Waals surface area (Å²) in [5.41, 5.74) is 6.47. The van der Waals surface area contributed by atoms with Crippen molar-refractivity contribution >= 4 is 38.5 Å². The van der Waals surface area contributed by atoms with E-state index in [0.717, 1.165) is 80.3 Å². The summed E-state index contributed by atoms with van der Waals surface area (Å²) in [5, 5.41) is 18.7. The number of H-pyrrole nitrogens is 1. The molecule has 1 aliphatic rings. The Hall–Kier alpha value is -4.21. The van der Waals surface area contributed by atoms with Crippen LogP contribution in [0.25, 0.3) is 44.1 Å². The quantitative estimate of drug-likeness (QED) is 0.261. The topological polar surface area (TPSA) is 75.5 Å². The number of likely N-dealkylation sites (tertiary alicyclic amines) is 1. The number of hydrogen-bond acceptors (Lipinski definition) is 6. The van der Waals surface area contributed by atoms with Gasteiger partial charge >= 0.3 is 0 Å². The normalized spacial score (nSPS) is 16.3. The van der Waals surface area contributed by atoms with Gasteiger partial charge in [-0.2, -0.15) is 5.10 Å². The predicted molar refractivity (Wildman–Crippen MR) is 153 cm³/mol. The lowest BCUT2D eigenvalue weighted by atomic mass is 9.95. The maximum Gasteiger partial charge on any atom is 0.127 e. The van der Waals surface area contributed by atoms with Gasteiger partial charge in [0.1, 0.15) is 16.5 Å². The van der Waals surface area contributed by atoms with Gasteiger partial charge in [-0.05, 0) is 61.9 Å². The lowest BCUT2D eigenvalue weighted by molar-refractivity contribution is 0.196. The summed E-state index contributed by atoms with van der Waals surface area (Å²) in [4.78, 5) is 6.89. The molecule has 0 bridgehead atoms. The number of hydrogen-bond donors (Lipinski definition) is 1. The smallest absolute Gasteiger partial charge is 0.127 e. The molecule has 7 rings (SSSR count). The van der Waals surface area contributed by atoms with Gasteiger partial charge in [0.15, 0.2) is 0 Å². The van der Waals surface area contributed by atoms with Crippen molar-refractivity contribution in [2.24, 2.45) is 0 Å². The van der Waals surface area contributed by atoms with Crippen LogP contribution in [0.2, 0.25) is 0 Å². The molecule has 1 saturated heterocycles. The number of piperidine rings is 1. The van der Waals surface area contributed by atoms with Crippen molar-refractivity contribution < 1.29 is 4.39 Å². The third kappa shape index (κ3) is 4.53. The number of thiazole rings is 1. The van der Waals surface area contributed by atoms with E-state index in [-0.39, 0.29) is 11.7 Å². The van der Waals surface area contributed by atoms with Crippen molar-refractivity contribution in [3.63, 3.8) is 0 Å². The second-order valence-corrected chi connectivity index (χ2v) is 11.1. The number of halogens is 1. The van der Waals surface area contributed by atoms with E-state index < -0.39 is 0 Å². The summed E-state index contributed by atoms with van der Waals surface area (Å²) >= 11 is 1.62. The zero-order valence-electron chi connectivity index (χ0n) is 21.2. The van der Waals surface area contributed by atoms with Crippen LogP contribution < -0.4 is 0 Å². The lowest BCUT2D eigenvalue weighted by Gasteiger charge is -2.31. The van der Waals surface area contributed by atoms with E-state index in [4.69, 9.17) is 0 Å². The molecule has 1 atom stereocenters. The molecule has 0 amide bonds. The second-order valence-electron chi connectivity index (χ2n) is 9.99. The maximum absolute atomic E-state index is 14.2. The van der Waals surface area contributed by atoms with Gasteiger partial charge in [-0.1, -0.05) is 36.1 Å². The van der Waals surface area contributed by atoms with Crippen LogP contribution in [0.3, 0.4) is 0 Å². The van der Waals surface area contributed by atoms with Crippen LogP contribution >= 0.6 is 11.3 Å². The van der Waals surface area contributed by atoms with E-state index in [0.29, 0.717) is 6.54 Å². The summed E-state index contributed by atoms with van der Waals surface area (Å²) in [6.45, 7) is 6.24. The molecule has 0 radical (unpaired) electrons. The van der Waals surface area contributed by atoms with E-state index in [9.17, 15) is 4.39 Å². The monoisotopic (exact) mass is 535 g/mol. The predicted octanol–water partition coefficient (Wildman–Crippen LogP) is 6.58. The van der Waals surface area contributed by atoms with Crippen LogP contribution in [0.1, 0.15) is 35.0 Å². The number of nitrogens with zero attached hydrogens (tertiary/aromatic N) is 6. The van der Waals surface area contributed by atoms with Crippen LogP contribution in [0.5, 0.6) is 0 Å². The SMILES string of the molecule is C=Cc1nc2ccc(-c3n[nH]c4ccc(-n5cc([C@@H]6CCCN(Cc7ccccc7F)C6)nn5)cc34)cc2s1. The molecule has 0 spiro atoms. The van der Waals surface area contributed by atoms with E-state index in [2.05, 4.69) is 55.2 Å². The largest absolute Gasteiger partial charge is 0.298 e. The van der Waals surface area contributed by atoms with Crippen LogP contribution in [0.4, 0.5) is 4.39 Å². The molecule has 1 fully saturated rings. The highest BCUT2D eigenvalue weighted by molar-refractivity contribution is 7.19. The first-order chi connectivity index (χ1) is 19.1. The third-order valence-corrected chi connectivity index (χ3v) is 8.46.